The number of fused-ring (bicyclic) bond motifs is 3. The molecule has 1 aliphatic carbocycles. The second kappa shape index (κ2) is 7.84. The minimum absolute atomic E-state index is 0. The Hall–Kier alpha value is -1.53. The van der Waals surface area contributed by atoms with Crippen LogP contribution in [-0.2, 0) is 26.2 Å². The summed E-state index contributed by atoms with van der Waals surface area (Å²) < 4.78 is 5.59. The smallest absolute Gasteiger partial charge is 0.504 e. The van der Waals surface area contributed by atoms with Crippen molar-refractivity contribution >= 4 is 27.1 Å². The van der Waals surface area contributed by atoms with E-state index in [1.54, 1.807) is 7.11 Å². The number of benzene rings is 2. The number of ether oxygens (including phenoxy) is 1. The second-order valence-electron chi connectivity index (χ2n) is 5.16. The minimum Gasteiger partial charge on any atom is -0.504 e. The first-order valence-electron chi connectivity index (χ1n) is 6.89. The molecule has 3 aromatic carbocycles. The van der Waals surface area contributed by atoms with Crippen LogP contribution in [-0.4, -0.2) is 7.11 Å². The first kappa shape index (κ1) is 19.5. The molecular formula is C21H21OZr. The van der Waals surface area contributed by atoms with Gasteiger partial charge < -0.3 is 19.6 Å². The number of allylic oxidation sites excluding steroid dienone is 4. The maximum absolute atomic E-state index is 5.59. The number of rotatable bonds is 2. The molecule has 0 saturated heterocycles. The van der Waals surface area contributed by atoms with Gasteiger partial charge in [-0.25, -0.2) is 0 Å². The van der Waals surface area contributed by atoms with Gasteiger partial charge in [-0.1, -0.05) is 48.1 Å². The van der Waals surface area contributed by atoms with E-state index in [1.807, 2.05) is 0 Å². The Morgan fingerprint density at radius 1 is 1.00 bits per heavy atom. The number of hydrogen-bond acceptors (Lipinski definition) is 1. The molecular weight excluding hydrogens is 359 g/mol. The van der Waals surface area contributed by atoms with Crippen LogP contribution in [0.1, 0.15) is 12.0 Å². The van der Waals surface area contributed by atoms with Gasteiger partial charge in [0.05, 0.1) is 12.9 Å². The van der Waals surface area contributed by atoms with E-state index in [2.05, 4.69) is 60.7 Å². The van der Waals surface area contributed by atoms with Crippen molar-refractivity contribution in [1.82, 2.24) is 0 Å². The van der Waals surface area contributed by atoms with Crippen molar-refractivity contribution in [2.24, 2.45) is 0 Å². The topological polar surface area (TPSA) is 9.23 Å². The summed E-state index contributed by atoms with van der Waals surface area (Å²) in [5.74, 6) is 0.961. The van der Waals surface area contributed by atoms with Crippen LogP contribution in [0.25, 0.3) is 27.1 Å². The van der Waals surface area contributed by atoms with Crippen LogP contribution in [0.4, 0.5) is 0 Å². The minimum atomic E-state index is 0. The van der Waals surface area contributed by atoms with Crippen molar-refractivity contribution in [3.63, 3.8) is 0 Å². The Morgan fingerprint density at radius 2 is 1.78 bits per heavy atom. The molecule has 0 spiro atoms. The van der Waals surface area contributed by atoms with Crippen molar-refractivity contribution in [2.75, 3.05) is 7.11 Å². The first-order valence-corrected chi connectivity index (χ1v) is 6.89. The normalized spacial score (nSPS) is 12.3. The number of hydrogen-bond donors (Lipinski definition) is 0. The van der Waals surface area contributed by atoms with Gasteiger partial charge in [0.25, 0.3) is 0 Å². The molecule has 23 heavy (non-hydrogen) atoms. The summed E-state index contributed by atoms with van der Waals surface area (Å²) in [6.07, 6.45) is 7.48. The van der Waals surface area contributed by atoms with Gasteiger partial charge in [-0.3, -0.25) is 0 Å². The van der Waals surface area contributed by atoms with E-state index in [0.717, 1.165) is 12.2 Å². The molecule has 0 atom stereocenters. The molecule has 1 nitrogen and oxygen atoms in total. The predicted octanol–water partition coefficient (Wildman–Crippen LogP) is 5.96. The van der Waals surface area contributed by atoms with Gasteiger partial charge in [-0.05, 0) is 18.1 Å². The Morgan fingerprint density at radius 3 is 2.48 bits per heavy atom. The summed E-state index contributed by atoms with van der Waals surface area (Å²) in [5, 5.41) is 5.21. The zero-order valence-corrected chi connectivity index (χ0v) is 16.3. The van der Waals surface area contributed by atoms with Gasteiger partial charge in [0.2, 0.25) is 0 Å². The van der Waals surface area contributed by atoms with Crippen LogP contribution in [0.2, 0.25) is 0 Å². The number of methoxy groups -OCH3 is 1. The summed E-state index contributed by atoms with van der Waals surface area (Å²) in [5.41, 5.74) is 2.58. The van der Waals surface area contributed by atoms with E-state index in [4.69, 9.17) is 4.74 Å². The van der Waals surface area contributed by atoms with Gasteiger partial charge in [-0.15, -0.1) is 33.7 Å². The van der Waals surface area contributed by atoms with Gasteiger partial charge in [0, 0.05) is 0 Å². The van der Waals surface area contributed by atoms with Crippen LogP contribution >= 0.6 is 0 Å². The van der Waals surface area contributed by atoms with Crippen molar-refractivity contribution < 1.29 is 30.9 Å². The third-order valence-corrected chi connectivity index (χ3v) is 4.07. The molecule has 0 heterocycles. The van der Waals surface area contributed by atoms with Gasteiger partial charge in [0.1, 0.15) is 0 Å². The molecule has 0 bridgehead atoms. The van der Waals surface area contributed by atoms with E-state index in [0.29, 0.717) is 0 Å². The molecule has 0 aliphatic heterocycles. The Labute approximate surface area is 158 Å². The molecule has 0 fully saturated rings. The average molecular weight is 381 g/mol. The van der Waals surface area contributed by atoms with E-state index in [9.17, 15) is 0 Å². The van der Waals surface area contributed by atoms with Gasteiger partial charge >= 0.3 is 26.2 Å². The van der Waals surface area contributed by atoms with Crippen molar-refractivity contribution in [3.8, 4) is 5.75 Å². The molecule has 2 heteroatoms. The maximum atomic E-state index is 5.59. The molecule has 0 aromatic heterocycles. The monoisotopic (exact) mass is 379 g/mol. The van der Waals surface area contributed by atoms with Crippen molar-refractivity contribution in [3.05, 3.63) is 81.1 Å². The average Bonchev–Trinajstić information content (AvgIpc) is 3.13. The Kier molecular flexibility index (Phi) is 6.65. The molecule has 1 aliphatic rings. The van der Waals surface area contributed by atoms with E-state index in [-0.39, 0.29) is 41.1 Å². The fourth-order valence-electron chi connectivity index (χ4n) is 3.14. The maximum Gasteiger partial charge on any atom is 3.00 e. The molecule has 0 saturated carbocycles. The Bertz CT molecular complexity index is 868. The van der Waals surface area contributed by atoms with Crippen LogP contribution in [0.5, 0.6) is 5.75 Å². The summed E-state index contributed by atoms with van der Waals surface area (Å²) in [4.78, 5) is 0. The van der Waals surface area contributed by atoms with E-state index >= 15 is 0 Å². The molecule has 1 radical (unpaired) electrons. The summed E-state index contributed by atoms with van der Waals surface area (Å²) >= 11 is 0. The fraction of sp³-hybridized carbons (Fsp3) is 0.0952. The summed E-state index contributed by atoms with van der Waals surface area (Å²) in [6, 6.07) is 15.1. The third kappa shape index (κ3) is 3.10. The molecule has 0 N–H and O–H groups in total. The van der Waals surface area contributed by atoms with Gasteiger partial charge in [0.15, 0.2) is 0 Å². The predicted molar refractivity (Wildman–Crippen MR) is 98.2 cm³/mol. The van der Waals surface area contributed by atoms with E-state index in [1.165, 1.54) is 32.7 Å². The quantitative estimate of drug-likeness (QED) is 0.498. The van der Waals surface area contributed by atoms with Gasteiger partial charge in [-0.2, -0.15) is 0 Å². The molecule has 0 amide bonds. The Balaban J connectivity index is 0.000000882. The van der Waals surface area contributed by atoms with Crippen LogP contribution in [0, 0.1) is 14.9 Å². The molecule has 0 unspecified atom stereocenters. The van der Waals surface area contributed by atoms with Crippen molar-refractivity contribution in [1.29, 1.82) is 0 Å². The second-order valence-corrected chi connectivity index (χ2v) is 5.16. The van der Waals surface area contributed by atoms with Crippen LogP contribution < -0.4 is 4.74 Å². The summed E-state index contributed by atoms with van der Waals surface area (Å²) in [7, 11) is 1.75. The molecule has 3 aromatic rings. The van der Waals surface area contributed by atoms with E-state index < -0.39 is 0 Å². The van der Waals surface area contributed by atoms with Crippen LogP contribution in [0.15, 0.2) is 60.7 Å². The molecule has 115 valence electrons. The first-order chi connectivity index (χ1) is 9.88. The van der Waals surface area contributed by atoms with Crippen molar-refractivity contribution in [2.45, 2.75) is 6.42 Å². The van der Waals surface area contributed by atoms with Crippen LogP contribution in [0.3, 0.4) is 0 Å². The summed E-state index contributed by atoms with van der Waals surface area (Å²) in [6.45, 7) is 0. The standard InChI is InChI=1S/C19H15O.2CH3.Zr/c1-20-18-11-10-16-15-9-5-4-8-14(15)12-17(16)19(18)13-6-2-3-7-13;;;/h2-6,8-12H,7H2,1H3;2*1H3;/q3*-1;+3. The molecule has 4 rings (SSSR count). The third-order valence-electron chi connectivity index (χ3n) is 4.07. The zero-order valence-electron chi connectivity index (χ0n) is 13.9. The zero-order chi connectivity index (χ0) is 13.5. The SMILES string of the molecule is COc1ccc2c([cH-]c3ccccc32)c1C1=CC=CC1.[CH3-].[CH3-].[Zr+3]. The largest absolute Gasteiger partial charge is 3.00 e. The fourth-order valence-corrected chi connectivity index (χ4v) is 3.14.